The molecule has 0 spiro atoms. The molecular formula is C10H16N6. The highest BCUT2D eigenvalue weighted by Crippen LogP contribution is 2.15. The van der Waals surface area contributed by atoms with Gasteiger partial charge in [-0.25, -0.2) is 9.97 Å². The van der Waals surface area contributed by atoms with Crippen molar-refractivity contribution in [3.05, 3.63) is 12.0 Å². The molecule has 3 N–H and O–H groups in total. The molecule has 2 aromatic rings. The Balaban J connectivity index is 2.42. The summed E-state index contributed by atoms with van der Waals surface area (Å²) in [5.41, 5.74) is 8.12. The SMILES string of the molecule is Cc1nc(NC(C)CN)nc2ncn(C)c12. The average Bonchev–Trinajstić information content (AvgIpc) is 2.60. The van der Waals surface area contributed by atoms with E-state index in [-0.39, 0.29) is 6.04 Å². The molecule has 1 atom stereocenters. The van der Waals surface area contributed by atoms with Gasteiger partial charge in [0.1, 0.15) is 5.52 Å². The van der Waals surface area contributed by atoms with Crippen LogP contribution in [0.4, 0.5) is 5.95 Å². The lowest BCUT2D eigenvalue weighted by atomic mass is 10.3. The first kappa shape index (κ1) is 10.8. The highest BCUT2D eigenvalue weighted by Gasteiger charge is 2.09. The van der Waals surface area contributed by atoms with Crippen molar-refractivity contribution in [1.82, 2.24) is 19.5 Å². The summed E-state index contributed by atoms with van der Waals surface area (Å²) in [5, 5.41) is 3.14. The standard InChI is InChI=1S/C10H16N6/c1-6(4-11)13-10-14-7(2)8-9(15-10)12-5-16(8)3/h5-6H,4,11H2,1-3H3,(H,13,14,15). The van der Waals surface area contributed by atoms with Crippen LogP contribution in [0.15, 0.2) is 6.33 Å². The number of nitrogens with two attached hydrogens (primary N) is 1. The minimum absolute atomic E-state index is 0.153. The van der Waals surface area contributed by atoms with Gasteiger partial charge in [0.2, 0.25) is 5.95 Å². The van der Waals surface area contributed by atoms with Crippen LogP contribution in [-0.4, -0.2) is 32.1 Å². The minimum Gasteiger partial charge on any atom is -0.350 e. The van der Waals surface area contributed by atoms with Gasteiger partial charge in [0.15, 0.2) is 5.65 Å². The number of nitrogens with one attached hydrogen (secondary N) is 1. The minimum atomic E-state index is 0.153. The summed E-state index contributed by atoms with van der Waals surface area (Å²) in [6, 6.07) is 0.153. The van der Waals surface area contributed by atoms with E-state index in [0.29, 0.717) is 18.1 Å². The Morgan fingerprint density at radius 3 is 2.94 bits per heavy atom. The molecule has 0 radical (unpaired) electrons. The van der Waals surface area contributed by atoms with Crippen LogP contribution in [-0.2, 0) is 7.05 Å². The molecule has 0 saturated carbocycles. The first-order valence-electron chi connectivity index (χ1n) is 5.24. The van der Waals surface area contributed by atoms with Crippen molar-refractivity contribution < 1.29 is 0 Å². The fourth-order valence-corrected chi connectivity index (χ4v) is 1.60. The van der Waals surface area contributed by atoms with E-state index in [4.69, 9.17) is 5.73 Å². The molecule has 6 heteroatoms. The van der Waals surface area contributed by atoms with Gasteiger partial charge in [-0.05, 0) is 13.8 Å². The van der Waals surface area contributed by atoms with E-state index in [1.165, 1.54) is 0 Å². The lowest BCUT2D eigenvalue weighted by Gasteiger charge is -2.11. The van der Waals surface area contributed by atoms with Gasteiger partial charge >= 0.3 is 0 Å². The predicted octanol–water partition coefficient (Wildman–Crippen LogP) is 0.431. The van der Waals surface area contributed by atoms with Crippen molar-refractivity contribution in [3.63, 3.8) is 0 Å². The molecular weight excluding hydrogens is 204 g/mol. The summed E-state index contributed by atoms with van der Waals surface area (Å²) in [4.78, 5) is 12.9. The van der Waals surface area contributed by atoms with Crippen molar-refractivity contribution in [2.75, 3.05) is 11.9 Å². The zero-order valence-electron chi connectivity index (χ0n) is 9.73. The van der Waals surface area contributed by atoms with Crippen LogP contribution in [0.5, 0.6) is 0 Å². The largest absolute Gasteiger partial charge is 0.350 e. The van der Waals surface area contributed by atoms with E-state index < -0.39 is 0 Å². The summed E-state index contributed by atoms with van der Waals surface area (Å²) in [6.45, 7) is 4.48. The van der Waals surface area contributed by atoms with Crippen molar-refractivity contribution in [2.24, 2.45) is 12.8 Å². The number of nitrogens with zero attached hydrogens (tertiary/aromatic N) is 4. The zero-order chi connectivity index (χ0) is 11.7. The summed E-state index contributed by atoms with van der Waals surface area (Å²) < 4.78 is 1.92. The Kier molecular flexibility index (Phi) is 2.74. The van der Waals surface area contributed by atoms with Gasteiger partial charge < -0.3 is 15.6 Å². The van der Waals surface area contributed by atoms with Gasteiger partial charge in [0.05, 0.1) is 12.0 Å². The molecule has 2 rings (SSSR count). The molecule has 6 nitrogen and oxygen atoms in total. The highest BCUT2D eigenvalue weighted by atomic mass is 15.2. The van der Waals surface area contributed by atoms with Crippen LogP contribution in [0.2, 0.25) is 0 Å². The average molecular weight is 220 g/mol. The molecule has 0 amide bonds. The third-order valence-corrected chi connectivity index (χ3v) is 2.47. The number of imidazole rings is 1. The van der Waals surface area contributed by atoms with E-state index in [9.17, 15) is 0 Å². The van der Waals surface area contributed by atoms with E-state index in [2.05, 4.69) is 20.3 Å². The Morgan fingerprint density at radius 1 is 1.50 bits per heavy atom. The van der Waals surface area contributed by atoms with Crippen molar-refractivity contribution in [2.45, 2.75) is 19.9 Å². The van der Waals surface area contributed by atoms with Gasteiger partial charge in [-0.15, -0.1) is 0 Å². The fraction of sp³-hybridized carbons (Fsp3) is 0.500. The molecule has 1 unspecified atom stereocenters. The molecule has 0 aliphatic rings. The maximum absolute atomic E-state index is 5.54. The van der Waals surface area contributed by atoms with Crippen LogP contribution in [0.3, 0.4) is 0 Å². The number of fused-ring (bicyclic) bond motifs is 1. The second kappa shape index (κ2) is 4.05. The number of aryl methyl sites for hydroxylation is 2. The Hall–Kier alpha value is -1.69. The highest BCUT2D eigenvalue weighted by molar-refractivity contribution is 5.74. The molecule has 0 fully saturated rings. The van der Waals surface area contributed by atoms with Crippen LogP contribution in [0.1, 0.15) is 12.6 Å². The van der Waals surface area contributed by atoms with Gasteiger partial charge in [0, 0.05) is 19.6 Å². The number of hydrogen-bond acceptors (Lipinski definition) is 5. The Labute approximate surface area is 93.9 Å². The van der Waals surface area contributed by atoms with E-state index in [1.54, 1.807) is 6.33 Å². The number of hydrogen-bond donors (Lipinski definition) is 2. The molecule has 0 aliphatic carbocycles. The van der Waals surface area contributed by atoms with Gasteiger partial charge in [-0.3, -0.25) is 0 Å². The maximum Gasteiger partial charge on any atom is 0.225 e. The van der Waals surface area contributed by atoms with Crippen molar-refractivity contribution >= 4 is 17.1 Å². The smallest absolute Gasteiger partial charge is 0.225 e. The van der Waals surface area contributed by atoms with Crippen LogP contribution >= 0.6 is 0 Å². The van der Waals surface area contributed by atoms with E-state index >= 15 is 0 Å². The maximum atomic E-state index is 5.54. The number of rotatable bonds is 3. The number of anilines is 1. The molecule has 0 bridgehead atoms. The number of aromatic nitrogens is 4. The van der Waals surface area contributed by atoms with Crippen molar-refractivity contribution in [1.29, 1.82) is 0 Å². The van der Waals surface area contributed by atoms with Gasteiger partial charge in [0.25, 0.3) is 0 Å². The second-order valence-electron chi connectivity index (χ2n) is 3.94. The Morgan fingerprint density at radius 2 is 2.25 bits per heavy atom. The molecule has 16 heavy (non-hydrogen) atoms. The lowest BCUT2D eigenvalue weighted by molar-refractivity contribution is 0.790. The van der Waals surface area contributed by atoms with Crippen LogP contribution in [0, 0.1) is 6.92 Å². The predicted molar refractivity (Wildman–Crippen MR) is 63.2 cm³/mol. The first-order chi connectivity index (χ1) is 7.61. The molecule has 0 aliphatic heterocycles. The second-order valence-corrected chi connectivity index (χ2v) is 3.94. The third-order valence-electron chi connectivity index (χ3n) is 2.47. The third kappa shape index (κ3) is 1.83. The summed E-state index contributed by atoms with van der Waals surface area (Å²) in [7, 11) is 1.93. The van der Waals surface area contributed by atoms with Crippen LogP contribution < -0.4 is 11.1 Å². The first-order valence-corrected chi connectivity index (χ1v) is 5.24. The van der Waals surface area contributed by atoms with E-state index in [1.807, 2.05) is 25.5 Å². The topological polar surface area (TPSA) is 81.7 Å². The summed E-state index contributed by atoms with van der Waals surface area (Å²) in [6.07, 6.45) is 1.74. The van der Waals surface area contributed by atoms with E-state index in [0.717, 1.165) is 11.2 Å². The normalized spacial score (nSPS) is 13.0. The molecule has 86 valence electrons. The van der Waals surface area contributed by atoms with Crippen LogP contribution in [0.25, 0.3) is 11.2 Å². The Bertz CT molecular complexity index is 503. The molecule has 2 heterocycles. The van der Waals surface area contributed by atoms with Gasteiger partial charge in [-0.2, -0.15) is 4.98 Å². The summed E-state index contributed by atoms with van der Waals surface area (Å²) in [5.74, 6) is 0.585. The van der Waals surface area contributed by atoms with Gasteiger partial charge in [-0.1, -0.05) is 0 Å². The molecule has 0 saturated heterocycles. The summed E-state index contributed by atoms with van der Waals surface area (Å²) >= 11 is 0. The lowest BCUT2D eigenvalue weighted by Crippen LogP contribution is -2.26. The monoisotopic (exact) mass is 220 g/mol. The molecule has 2 aromatic heterocycles. The molecule has 0 aromatic carbocycles. The van der Waals surface area contributed by atoms with Crippen molar-refractivity contribution in [3.8, 4) is 0 Å². The quantitative estimate of drug-likeness (QED) is 0.784. The fourth-order valence-electron chi connectivity index (χ4n) is 1.60. The zero-order valence-corrected chi connectivity index (χ0v) is 9.73.